The second-order valence-electron chi connectivity index (χ2n) is 5.63. The van der Waals surface area contributed by atoms with Crippen LogP contribution < -0.4 is 0 Å². The maximum absolute atomic E-state index is 11.9. The third kappa shape index (κ3) is 14.3. The van der Waals surface area contributed by atoms with Gasteiger partial charge in [0.25, 0.3) is 0 Å². The van der Waals surface area contributed by atoms with E-state index in [-0.39, 0.29) is 21.7 Å². The Labute approximate surface area is 184 Å². The Morgan fingerprint density at radius 3 is 1.07 bits per heavy atom. The summed E-state index contributed by atoms with van der Waals surface area (Å²) in [5, 5.41) is 0. The van der Waals surface area contributed by atoms with Gasteiger partial charge in [-0.1, -0.05) is 13.8 Å². The van der Waals surface area contributed by atoms with Crippen molar-refractivity contribution in [3.05, 3.63) is 131 Å². The van der Waals surface area contributed by atoms with Gasteiger partial charge < -0.3 is 0 Å². The van der Waals surface area contributed by atoms with Gasteiger partial charge in [0, 0.05) is 23.3 Å². The number of hydrogen-bond acceptors (Lipinski definition) is 0. The van der Waals surface area contributed by atoms with Gasteiger partial charge in [-0.15, -0.1) is 36.4 Å². The summed E-state index contributed by atoms with van der Waals surface area (Å²) in [4.78, 5) is 0. The van der Waals surface area contributed by atoms with E-state index in [9.17, 15) is 17.6 Å². The normalized spacial score (nSPS) is 8.76. The van der Waals surface area contributed by atoms with Crippen LogP contribution in [0.15, 0.2) is 84.9 Å². The Morgan fingerprint density at radius 1 is 0.621 bits per heavy atom. The molecule has 0 unspecified atom stereocenters. The van der Waals surface area contributed by atoms with Gasteiger partial charge in [-0.3, -0.25) is 0 Å². The molecule has 0 saturated heterocycles. The predicted octanol–water partition coefficient (Wildman–Crippen LogP) is 6.96. The minimum atomic E-state index is -0.662. The van der Waals surface area contributed by atoms with Crippen molar-refractivity contribution in [3.63, 3.8) is 0 Å². The summed E-state index contributed by atoms with van der Waals surface area (Å²) in [6.45, 7) is 4.17. The zero-order valence-electron chi connectivity index (χ0n) is 16.1. The van der Waals surface area contributed by atoms with Crippen LogP contribution in [0.1, 0.15) is 11.1 Å². The first-order valence-electron chi connectivity index (χ1n) is 8.39. The molecule has 0 atom stereocenters. The number of benzene rings is 2. The van der Waals surface area contributed by atoms with E-state index in [0.29, 0.717) is 0 Å². The largest absolute Gasteiger partial charge is 4.00 e. The van der Waals surface area contributed by atoms with Crippen molar-refractivity contribution in [2.45, 2.75) is 13.8 Å². The summed E-state index contributed by atoms with van der Waals surface area (Å²) >= 11 is 0. The van der Waals surface area contributed by atoms with E-state index in [0.717, 1.165) is 24.3 Å². The third-order valence-electron chi connectivity index (χ3n) is 3.12. The zero-order chi connectivity index (χ0) is 20.8. The molecule has 5 heteroatoms. The first kappa shape index (κ1) is 26.6. The monoisotopic (exact) mass is 432 g/mol. The first-order valence-corrected chi connectivity index (χ1v) is 8.39. The fourth-order valence-corrected chi connectivity index (χ4v) is 1.76. The first-order chi connectivity index (χ1) is 13.4. The molecule has 4 aromatic carbocycles. The molecule has 0 heterocycles. The molecule has 0 amide bonds. The summed E-state index contributed by atoms with van der Waals surface area (Å²) in [6.07, 6.45) is 0. The van der Waals surface area contributed by atoms with Gasteiger partial charge in [-0.2, -0.15) is 47.5 Å². The molecule has 4 aromatic rings. The van der Waals surface area contributed by atoms with Crippen LogP contribution in [-0.4, -0.2) is 0 Å². The molecular weight excluding hydrogens is 412 g/mol. The Balaban J connectivity index is 0.000000359. The number of aryl methyl sites for hydroxylation is 2. The van der Waals surface area contributed by atoms with Gasteiger partial charge in [0.1, 0.15) is 0 Å². The van der Waals surface area contributed by atoms with E-state index in [1.807, 2.05) is 24.3 Å². The minimum Gasteiger partial charge on any atom is -0.236 e. The molecule has 0 aliphatic heterocycles. The topological polar surface area (TPSA) is 0 Å². The van der Waals surface area contributed by atoms with Gasteiger partial charge in [-0.25, -0.2) is 41.8 Å². The molecule has 0 aliphatic rings. The Hall–Kier alpha value is -2.43. The molecule has 0 nitrogen and oxygen atoms in total. The van der Waals surface area contributed by atoms with Gasteiger partial charge in [0.15, 0.2) is 0 Å². The quantitative estimate of drug-likeness (QED) is 0.160. The molecule has 0 fully saturated rings. The van der Waals surface area contributed by atoms with Crippen molar-refractivity contribution in [2.75, 3.05) is 0 Å². The minimum absolute atomic E-state index is 0. The average molecular weight is 432 g/mol. The van der Waals surface area contributed by atoms with Crippen molar-refractivity contribution in [1.29, 1.82) is 0 Å². The van der Waals surface area contributed by atoms with E-state index in [4.69, 9.17) is 0 Å². The van der Waals surface area contributed by atoms with E-state index in [1.165, 1.54) is 23.3 Å². The summed E-state index contributed by atoms with van der Waals surface area (Å²) in [6, 6.07) is 27.0. The maximum Gasteiger partial charge on any atom is 4.00 e. The molecule has 148 valence electrons. The van der Waals surface area contributed by atoms with Gasteiger partial charge in [-0.05, 0) is 0 Å². The fraction of sp³-hybridized carbons (Fsp3) is 0.0833. The van der Waals surface area contributed by atoms with E-state index >= 15 is 0 Å². The predicted molar refractivity (Wildman–Crippen MR) is 104 cm³/mol. The van der Waals surface area contributed by atoms with E-state index < -0.39 is 23.3 Å². The van der Waals surface area contributed by atoms with Crippen molar-refractivity contribution >= 4 is 0 Å². The molecule has 0 saturated carbocycles. The number of rotatable bonds is 0. The molecule has 0 bridgehead atoms. The van der Waals surface area contributed by atoms with Crippen LogP contribution in [0, 0.1) is 49.2 Å². The Kier molecular flexibility index (Phi) is 14.2. The van der Waals surface area contributed by atoms with E-state index in [1.54, 1.807) is 0 Å². The standard InChI is InChI=1S/2C6H3F2.2C6H7.Ti/c2*7-5-2-1-3-6(8)4-5;2*1-6-4-2-3-5-6;/h2*1-2,4H;2*2-5H,1H3;/q4*-1;+4. The van der Waals surface area contributed by atoms with Crippen LogP contribution in [0.5, 0.6) is 0 Å². The van der Waals surface area contributed by atoms with Gasteiger partial charge in [0.05, 0.1) is 0 Å². The Morgan fingerprint density at radius 2 is 0.931 bits per heavy atom. The van der Waals surface area contributed by atoms with Crippen LogP contribution >= 0.6 is 0 Å². The van der Waals surface area contributed by atoms with Crippen LogP contribution in [0.2, 0.25) is 0 Å². The molecule has 29 heavy (non-hydrogen) atoms. The second-order valence-corrected chi connectivity index (χ2v) is 5.63. The number of halogens is 4. The molecule has 0 aliphatic carbocycles. The fourth-order valence-electron chi connectivity index (χ4n) is 1.76. The molecule has 4 rings (SSSR count). The van der Waals surface area contributed by atoms with Crippen LogP contribution in [-0.2, 0) is 21.7 Å². The summed E-state index contributed by atoms with van der Waals surface area (Å²) < 4.78 is 47.6. The molecule has 0 spiro atoms. The van der Waals surface area contributed by atoms with Gasteiger partial charge >= 0.3 is 21.7 Å². The molecule has 0 aromatic heterocycles. The second kappa shape index (κ2) is 15.5. The van der Waals surface area contributed by atoms with E-state index in [2.05, 4.69) is 50.2 Å². The van der Waals surface area contributed by atoms with Crippen molar-refractivity contribution in [2.24, 2.45) is 0 Å². The van der Waals surface area contributed by atoms with Crippen LogP contribution in [0.3, 0.4) is 0 Å². The zero-order valence-corrected chi connectivity index (χ0v) is 17.7. The summed E-state index contributed by atoms with van der Waals surface area (Å²) in [5.41, 5.74) is 2.69. The number of hydrogen-bond donors (Lipinski definition) is 0. The summed E-state index contributed by atoms with van der Waals surface area (Å²) in [5.74, 6) is -2.46. The SMILES string of the molecule is C[c-]1cccc1.C[c-]1cccc1.Fc1[c-]ccc(F)c1.Fc1[c-]ccc(F)c1.[Ti+4]. The van der Waals surface area contributed by atoms with Crippen LogP contribution in [0.4, 0.5) is 17.6 Å². The van der Waals surface area contributed by atoms with Crippen LogP contribution in [0.25, 0.3) is 0 Å². The maximum atomic E-state index is 11.9. The third-order valence-corrected chi connectivity index (χ3v) is 3.12. The molecule has 0 N–H and O–H groups in total. The van der Waals surface area contributed by atoms with Crippen molar-refractivity contribution < 1.29 is 39.3 Å². The smallest absolute Gasteiger partial charge is 0.236 e. The van der Waals surface area contributed by atoms with Crippen molar-refractivity contribution in [3.8, 4) is 0 Å². The average Bonchev–Trinajstić information content (AvgIpc) is 3.30. The Bertz CT molecular complexity index is 775. The molecule has 0 radical (unpaired) electrons. The summed E-state index contributed by atoms with van der Waals surface area (Å²) in [7, 11) is 0. The van der Waals surface area contributed by atoms with Crippen molar-refractivity contribution in [1.82, 2.24) is 0 Å². The van der Waals surface area contributed by atoms with Gasteiger partial charge in [0.2, 0.25) is 0 Å². The molecular formula is C24H20F4Ti.